The number of ether oxygens (including phenoxy) is 2. The van der Waals surface area contributed by atoms with Gasteiger partial charge in [-0.3, -0.25) is 9.59 Å². The molecule has 0 spiro atoms. The van der Waals surface area contributed by atoms with Crippen LogP contribution in [0.1, 0.15) is 34.2 Å². The summed E-state index contributed by atoms with van der Waals surface area (Å²) in [7, 11) is 0. The van der Waals surface area contributed by atoms with Gasteiger partial charge in [0.05, 0.1) is 17.6 Å². The number of imidazole rings is 1. The van der Waals surface area contributed by atoms with Gasteiger partial charge in [0.1, 0.15) is 24.7 Å². The van der Waals surface area contributed by atoms with E-state index >= 15 is 0 Å². The number of carbonyl (C=O) groups excluding carboxylic acids is 3. The number of nitrogens with one attached hydrogen (secondary N) is 2. The average Bonchev–Trinajstić information content (AvgIpc) is 3.29. The first-order valence-corrected chi connectivity index (χ1v) is 11.5. The molecule has 0 aliphatic heterocycles. The minimum Gasteiger partial charge on any atom is -0.466 e. The Morgan fingerprint density at radius 2 is 1.70 bits per heavy atom. The van der Waals surface area contributed by atoms with Crippen molar-refractivity contribution in [2.45, 2.75) is 20.0 Å². The van der Waals surface area contributed by atoms with Gasteiger partial charge in [0.2, 0.25) is 0 Å². The summed E-state index contributed by atoms with van der Waals surface area (Å²) < 4.78 is 10.1. The van der Waals surface area contributed by atoms with Crippen molar-refractivity contribution in [1.29, 1.82) is 0 Å². The van der Waals surface area contributed by atoms with Gasteiger partial charge in [0, 0.05) is 16.8 Å². The number of aliphatic imine (C=N–C) groups is 1. The van der Waals surface area contributed by atoms with E-state index in [1.807, 2.05) is 30.3 Å². The number of hydrogen-bond acceptors (Lipinski definition) is 6. The number of anilines is 1. The molecule has 10 heteroatoms. The quantitative estimate of drug-likeness (QED) is 0.189. The second kappa shape index (κ2) is 11.6. The van der Waals surface area contributed by atoms with E-state index in [0.717, 1.165) is 11.1 Å². The van der Waals surface area contributed by atoms with E-state index < -0.39 is 6.09 Å². The lowest BCUT2D eigenvalue weighted by Gasteiger charge is -2.07. The van der Waals surface area contributed by atoms with Crippen LogP contribution in [0, 0.1) is 0 Å². The minimum absolute atomic E-state index is 0.0207. The largest absolute Gasteiger partial charge is 0.466 e. The molecule has 1 aromatic heterocycles. The Labute approximate surface area is 212 Å². The van der Waals surface area contributed by atoms with Gasteiger partial charge in [-0.05, 0) is 42.8 Å². The molecule has 4 rings (SSSR count). The van der Waals surface area contributed by atoms with E-state index in [9.17, 15) is 14.4 Å². The number of aromatic nitrogens is 2. The summed E-state index contributed by atoms with van der Waals surface area (Å²) in [6.07, 6.45) is -0.768. The lowest BCUT2D eigenvalue weighted by molar-refractivity contribution is -0.142. The summed E-state index contributed by atoms with van der Waals surface area (Å²) in [6.45, 7) is 2.13. The van der Waals surface area contributed by atoms with E-state index in [0.29, 0.717) is 34.8 Å². The van der Waals surface area contributed by atoms with Crippen LogP contribution >= 0.6 is 0 Å². The van der Waals surface area contributed by atoms with Crippen molar-refractivity contribution < 1.29 is 23.9 Å². The van der Waals surface area contributed by atoms with Crippen LogP contribution in [0.2, 0.25) is 0 Å². The second-order valence-corrected chi connectivity index (χ2v) is 7.97. The van der Waals surface area contributed by atoms with Crippen molar-refractivity contribution >= 4 is 40.5 Å². The number of H-pyrrole nitrogens is 1. The third-order valence-electron chi connectivity index (χ3n) is 5.27. The third kappa shape index (κ3) is 6.79. The maximum Gasteiger partial charge on any atom is 0.435 e. The van der Waals surface area contributed by atoms with Crippen LogP contribution in [0.4, 0.5) is 10.5 Å². The highest BCUT2D eigenvalue weighted by atomic mass is 16.5. The van der Waals surface area contributed by atoms with E-state index in [2.05, 4.69) is 20.3 Å². The van der Waals surface area contributed by atoms with Crippen molar-refractivity contribution in [3.05, 3.63) is 95.3 Å². The topological polar surface area (TPSA) is 149 Å². The number of fused-ring (bicyclic) bond motifs is 1. The Hall–Kier alpha value is -4.99. The van der Waals surface area contributed by atoms with Crippen LogP contribution in [0.5, 0.6) is 0 Å². The van der Waals surface area contributed by atoms with Crippen molar-refractivity contribution in [1.82, 2.24) is 9.97 Å². The Kier molecular flexibility index (Phi) is 7.89. The van der Waals surface area contributed by atoms with Gasteiger partial charge in [-0.15, -0.1) is 0 Å². The summed E-state index contributed by atoms with van der Waals surface area (Å²) in [5, 5.41) is 2.81. The van der Waals surface area contributed by atoms with Gasteiger partial charge in [-0.25, -0.2) is 9.78 Å². The Bertz CT molecular complexity index is 1450. The number of amidine groups is 1. The molecule has 0 fully saturated rings. The first-order valence-electron chi connectivity index (χ1n) is 11.5. The van der Waals surface area contributed by atoms with Crippen molar-refractivity contribution in [2.75, 3.05) is 11.9 Å². The zero-order chi connectivity index (χ0) is 26.2. The minimum atomic E-state index is -0.803. The zero-order valence-electron chi connectivity index (χ0n) is 20.1. The summed E-state index contributed by atoms with van der Waals surface area (Å²) in [6, 6.07) is 20.8. The van der Waals surface area contributed by atoms with E-state index in [4.69, 9.17) is 15.2 Å². The van der Waals surface area contributed by atoms with Crippen LogP contribution in [-0.4, -0.2) is 40.4 Å². The number of carbonyl (C=O) groups is 3. The molecule has 0 unspecified atom stereocenters. The Balaban J connectivity index is 1.36. The Morgan fingerprint density at radius 3 is 2.43 bits per heavy atom. The average molecular weight is 500 g/mol. The maximum absolute atomic E-state index is 12.7. The highest BCUT2D eigenvalue weighted by molar-refractivity contribution is 6.07. The fourth-order valence-electron chi connectivity index (χ4n) is 3.48. The number of nitrogens with two attached hydrogens (primary N) is 1. The summed E-state index contributed by atoms with van der Waals surface area (Å²) in [4.78, 5) is 47.6. The van der Waals surface area contributed by atoms with Gasteiger partial charge in [-0.1, -0.05) is 42.5 Å². The Morgan fingerprint density at radius 1 is 0.973 bits per heavy atom. The van der Waals surface area contributed by atoms with Gasteiger partial charge < -0.3 is 25.5 Å². The molecule has 10 nitrogen and oxygen atoms in total. The van der Waals surface area contributed by atoms with Gasteiger partial charge in [-0.2, -0.15) is 4.99 Å². The van der Waals surface area contributed by atoms with Crippen molar-refractivity contribution in [3.63, 3.8) is 0 Å². The third-order valence-corrected chi connectivity index (χ3v) is 5.27. The lowest BCUT2D eigenvalue weighted by atomic mass is 10.1. The summed E-state index contributed by atoms with van der Waals surface area (Å²) in [5.74, 6) is -0.248. The molecule has 188 valence electrons. The molecule has 37 heavy (non-hydrogen) atoms. The van der Waals surface area contributed by atoms with E-state index in [1.54, 1.807) is 49.4 Å². The summed E-state index contributed by atoms with van der Waals surface area (Å²) >= 11 is 0. The summed E-state index contributed by atoms with van der Waals surface area (Å²) in [5.41, 5.74) is 9.50. The molecule has 0 atom stereocenters. The molecule has 0 aliphatic rings. The molecule has 0 aliphatic carbocycles. The molecule has 2 amide bonds. The molecule has 1 heterocycles. The molecular weight excluding hydrogens is 474 g/mol. The standard InChI is InChI=1S/C27H25N5O5/c1-2-36-24(33)15-23-30-21-13-12-20(14-22(21)31-23)29-26(34)19-10-8-18(9-11-19)25(28)32-27(35)37-16-17-6-4-3-5-7-17/h3-14H,2,15-16H2,1H3,(H,29,34)(H,30,31)(H2,28,32,35). The molecule has 4 aromatic rings. The van der Waals surface area contributed by atoms with Crippen molar-refractivity contribution in [3.8, 4) is 0 Å². The maximum atomic E-state index is 12.7. The van der Waals surface area contributed by atoms with Crippen molar-refractivity contribution in [2.24, 2.45) is 10.7 Å². The lowest BCUT2D eigenvalue weighted by Crippen LogP contribution is -2.17. The molecule has 0 saturated carbocycles. The van der Waals surface area contributed by atoms with Crippen LogP contribution in [0.3, 0.4) is 0 Å². The monoisotopic (exact) mass is 499 g/mol. The highest BCUT2D eigenvalue weighted by Crippen LogP contribution is 2.19. The highest BCUT2D eigenvalue weighted by Gasteiger charge is 2.12. The van der Waals surface area contributed by atoms with Crippen LogP contribution < -0.4 is 11.1 Å². The number of benzene rings is 3. The van der Waals surface area contributed by atoms with E-state index in [1.165, 1.54) is 0 Å². The number of nitrogens with zero attached hydrogens (tertiary/aromatic N) is 2. The number of hydrogen-bond donors (Lipinski definition) is 3. The number of esters is 1. The van der Waals surface area contributed by atoms with Gasteiger partial charge in [0.15, 0.2) is 0 Å². The molecule has 0 saturated heterocycles. The SMILES string of the molecule is CCOC(=O)Cc1nc2cc(NC(=O)c3ccc(C(N)=NC(=O)OCc4ccccc4)cc3)ccc2[nH]1. The molecule has 3 aromatic carbocycles. The second-order valence-electron chi connectivity index (χ2n) is 7.97. The molecule has 0 bridgehead atoms. The first kappa shape index (κ1) is 25.1. The first-order chi connectivity index (χ1) is 17.9. The molecular formula is C27H25N5O5. The zero-order valence-corrected chi connectivity index (χ0v) is 20.1. The smallest absolute Gasteiger partial charge is 0.435 e. The van der Waals surface area contributed by atoms with Crippen LogP contribution in [0.25, 0.3) is 11.0 Å². The van der Waals surface area contributed by atoms with E-state index in [-0.39, 0.29) is 30.7 Å². The molecule has 4 N–H and O–H groups in total. The van der Waals surface area contributed by atoms with Gasteiger partial charge >= 0.3 is 12.1 Å². The van der Waals surface area contributed by atoms with Crippen LogP contribution in [-0.2, 0) is 27.3 Å². The fraction of sp³-hybridized carbons (Fsp3) is 0.148. The number of rotatable bonds is 8. The predicted octanol–water partition coefficient (Wildman–Crippen LogP) is 3.96. The predicted molar refractivity (Wildman–Crippen MR) is 138 cm³/mol. The van der Waals surface area contributed by atoms with Gasteiger partial charge in [0.25, 0.3) is 5.91 Å². The molecule has 0 radical (unpaired) electrons. The normalized spacial score (nSPS) is 11.2. The fourth-order valence-corrected chi connectivity index (χ4v) is 3.48. The number of aromatic amines is 1. The number of amides is 2. The van der Waals surface area contributed by atoms with Crippen LogP contribution in [0.15, 0.2) is 77.8 Å².